The Morgan fingerprint density at radius 1 is 1.22 bits per heavy atom. The summed E-state index contributed by atoms with van der Waals surface area (Å²) in [6.07, 6.45) is 4.82. The molecular formula is C20H30N4O3. The Balaban J connectivity index is 1.52. The highest BCUT2D eigenvalue weighted by Gasteiger charge is 2.28. The zero-order chi connectivity index (χ0) is 19.4. The summed E-state index contributed by atoms with van der Waals surface area (Å²) < 4.78 is 0. The summed E-state index contributed by atoms with van der Waals surface area (Å²) in [5.41, 5.74) is 2.93. The maximum atomic E-state index is 12.7. The van der Waals surface area contributed by atoms with E-state index in [0.29, 0.717) is 25.2 Å². The number of H-pyrrole nitrogens is 1. The van der Waals surface area contributed by atoms with E-state index >= 15 is 0 Å². The summed E-state index contributed by atoms with van der Waals surface area (Å²) in [6.45, 7) is 6.61. The van der Waals surface area contributed by atoms with Gasteiger partial charge in [0.2, 0.25) is 5.91 Å². The second-order valence-electron chi connectivity index (χ2n) is 7.63. The highest BCUT2D eigenvalue weighted by Crippen LogP contribution is 2.26. The molecule has 148 valence electrons. The smallest absolute Gasteiger partial charge is 0.268 e. The number of ketones is 1. The number of carbonyl (C=O) groups is 3. The molecule has 1 aromatic heterocycles. The first kappa shape index (κ1) is 19.6. The molecule has 1 saturated heterocycles. The maximum absolute atomic E-state index is 12.7. The third kappa shape index (κ3) is 4.58. The van der Waals surface area contributed by atoms with Crippen LogP contribution >= 0.6 is 0 Å². The maximum Gasteiger partial charge on any atom is 0.268 e. The zero-order valence-electron chi connectivity index (χ0n) is 16.3. The van der Waals surface area contributed by atoms with Crippen LogP contribution in [-0.4, -0.2) is 59.7 Å². The number of amides is 2. The van der Waals surface area contributed by atoms with Crippen LogP contribution in [0.5, 0.6) is 0 Å². The van der Waals surface area contributed by atoms with Gasteiger partial charge < -0.3 is 15.6 Å². The van der Waals surface area contributed by atoms with Crippen LogP contribution in [-0.2, 0) is 11.2 Å². The van der Waals surface area contributed by atoms with Gasteiger partial charge in [-0.25, -0.2) is 0 Å². The Morgan fingerprint density at radius 2 is 1.96 bits per heavy atom. The fraction of sp³-hybridized carbons (Fsp3) is 0.650. The molecule has 1 aliphatic carbocycles. The summed E-state index contributed by atoms with van der Waals surface area (Å²) in [4.78, 5) is 42.0. The fourth-order valence-electron chi connectivity index (χ4n) is 4.02. The number of aryl methyl sites for hydroxylation is 1. The molecule has 0 spiro atoms. The van der Waals surface area contributed by atoms with Crippen molar-refractivity contribution < 1.29 is 14.4 Å². The molecule has 1 aromatic rings. The summed E-state index contributed by atoms with van der Waals surface area (Å²) in [7, 11) is 0. The molecule has 0 atom stereocenters. The molecule has 0 radical (unpaired) electrons. The van der Waals surface area contributed by atoms with Gasteiger partial charge in [0.25, 0.3) is 5.91 Å². The number of aromatic nitrogens is 1. The third-order valence-electron chi connectivity index (χ3n) is 5.53. The highest BCUT2D eigenvalue weighted by molar-refractivity contribution is 6.04. The number of likely N-dealkylation sites (tertiary alicyclic amines) is 1. The van der Waals surface area contributed by atoms with Crippen LogP contribution in [0.3, 0.4) is 0 Å². The van der Waals surface area contributed by atoms with Crippen molar-refractivity contribution in [3.63, 3.8) is 0 Å². The third-order valence-corrected chi connectivity index (χ3v) is 5.53. The fourth-order valence-corrected chi connectivity index (χ4v) is 4.02. The predicted molar refractivity (Wildman–Crippen MR) is 103 cm³/mol. The number of nitrogens with zero attached hydrogens (tertiary/aromatic N) is 1. The minimum atomic E-state index is -0.131. The lowest BCUT2D eigenvalue weighted by Gasteiger charge is -2.31. The van der Waals surface area contributed by atoms with E-state index in [2.05, 4.69) is 20.5 Å². The van der Waals surface area contributed by atoms with Crippen molar-refractivity contribution in [3.8, 4) is 0 Å². The lowest BCUT2D eigenvalue weighted by Crippen LogP contribution is -2.47. The highest BCUT2D eigenvalue weighted by atomic mass is 16.2. The lowest BCUT2D eigenvalue weighted by atomic mass is 9.93. The van der Waals surface area contributed by atoms with Crippen LogP contribution in [0.4, 0.5) is 0 Å². The topological polar surface area (TPSA) is 94.3 Å². The van der Waals surface area contributed by atoms with Crippen LogP contribution < -0.4 is 10.6 Å². The number of piperidine rings is 1. The number of rotatable bonds is 6. The van der Waals surface area contributed by atoms with Crippen molar-refractivity contribution in [2.45, 2.75) is 58.4 Å². The summed E-state index contributed by atoms with van der Waals surface area (Å²) >= 11 is 0. The minimum absolute atomic E-state index is 0.0663. The minimum Gasteiger partial charge on any atom is -0.355 e. The standard InChI is InChI=1S/C20H30N4O3/c1-3-9-21-17(26)12-24-10-7-14(8-11-24)22-20(27)19-13(2)18-15(23-19)5-4-6-16(18)25/h14,23H,3-12H2,1-2H3,(H,21,26)(H,22,27). The van der Waals surface area contributed by atoms with Gasteiger partial charge in [0, 0.05) is 43.4 Å². The van der Waals surface area contributed by atoms with Crippen molar-refractivity contribution in [1.29, 1.82) is 0 Å². The van der Waals surface area contributed by atoms with Crippen molar-refractivity contribution >= 4 is 17.6 Å². The van der Waals surface area contributed by atoms with Gasteiger partial charge in [-0.05, 0) is 44.6 Å². The first-order valence-electron chi connectivity index (χ1n) is 10.0. The number of fused-ring (bicyclic) bond motifs is 1. The van der Waals surface area contributed by atoms with E-state index in [4.69, 9.17) is 0 Å². The van der Waals surface area contributed by atoms with Crippen LogP contribution in [0.1, 0.15) is 71.1 Å². The van der Waals surface area contributed by atoms with Gasteiger partial charge in [-0.1, -0.05) is 6.92 Å². The second-order valence-corrected chi connectivity index (χ2v) is 7.63. The molecule has 0 aromatic carbocycles. The molecule has 2 aliphatic rings. The van der Waals surface area contributed by atoms with Crippen molar-refractivity contribution in [3.05, 3.63) is 22.5 Å². The predicted octanol–water partition coefficient (Wildman–Crippen LogP) is 1.56. The average Bonchev–Trinajstić information content (AvgIpc) is 3.00. The van der Waals surface area contributed by atoms with Crippen LogP contribution in [0.2, 0.25) is 0 Å². The van der Waals surface area contributed by atoms with Gasteiger partial charge in [0.1, 0.15) is 5.69 Å². The molecule has 0 unspecified atom stereocenters. The molecule has 27 heavy (non-hydrogen) atoms. The number of nitrogens with one attached hydrogen (secondary N) is 3. The average molecular weight is 374 g/mol. The Bertz CT molecular complexity index is 717. The molecule has 7 nitrogen and oxygen atoms in total. The van der Waals surface area contributed by atoms with Crippen LogP contribution in [0.15, 0.2) is 0 Å². The molecule has 3 rings (SSSR count). The van der Waals surface area contributed by atoms with Gasteiger partial charge in [0.05, 0.1) is 6.54 Å². The quantitative estimate of drug-likeness (QED) is 0.704. The molecule has 1 fully saturated rings. The van der Waals surface area contributed by atoms with Gasteiger partial charge in [-0.3, -0.25) is 19.3 Å². The SMILES string of the molecule is CCCNC(=O)CN1CCC(NC(=O)c2[nH]c3c(c2C)C(=O)CCC3)CC1. The van der Waals surface area contributed by atoms with Gasteiger partial charge >= 0.3 is 0 Å². The molecule has 0 bridgehead atoms. The van der Waals surface area contributed by atoms with E-state index in [1.165, 1.54) is 0 Å². The van der Waals surface area contributed by atoms with Gasteiger partial charge in [-0.2, -0.15) is 0 Å². The van der Waals surface area contributed by atoms with Crippen LogP contribution in [0.25, 0.3) is 0 Å². The molecule has 0 saturated carbocycles. The van der Waals surface area contributed by atoms with E-state index in [-0.39, 0.29) is 23.6 Å². The van der Waals surface area contributed by atoms with Gasteiger partial charge in [0.15, 0.2) is 5.78 Å². The Hall–Kier alpha value is -2.15. The van der Waals surface area contributed by atoms with Crippen LogP contribution in [0, 0.1) is 6.92 Å². The Morgan fingerprint density at radius 3 is 2.63 bits per heavy atom. The molecule has 2 heterocycles. The van der Waals surface area contributed by atoms with Crippen molar-refractivity contribution in [2.75, 3.05) is 26.2 Å². The normalized spacial score (nSPS) is 18.2. The van der Waals surface area contributed by atoms with E-state index in [0.717, 1.165) is 62.0 Å². The lowest BCUT2D eigenvalue weighted by molar-refractivity contribution is -0.122. The molecule has 1 aliphatic heterocycles. The van der Waals surface area contributed by atoms with E-state index in [1.54, 1.807) is 0 Å². The largest absolute Gasteiger partial charge is 0.355 e. The Labute approximate surface area is 160 Å². The first-order valence-corrected chi connectivity index (χ1v) is 10.0. The summed E-state index contributed by atoms with van der Waals surface area (Å²) in [5.74, 6) is 0.0733. The number of hydrogen-bond acceptors (Lipinski definition) is 4. The first-order chi connectivity index (χ1) is 13.0. The number of Topliss-reactive ketones (excluding diaryl/α,β-unsaturated/α-hetero) is 1. The molecule has 3 N–H and O–H groups in total. The van der Waals surface area contributed by atoms with E-state index in [9.17, 15) is 14.4 Å². The molecular weight excluding hydrogens is 344 g/mol. The summed E-state index contributed by atoms with van der Waals surface area (Å²) in [6, 6.07) is 0.0999. The number of aromatic amines is 1. The molecule has 7 heteroatoms. The number of carbonyl (C=O) groups excluding carboxylic acids is 3. The number of hydrogen-bond donors (Lipinski definition) is 3. The second kappa shape index (κ2) is 8.69. The van der Waals surface area contributed by atoms with Crippen molar-refractivity contribution in [1.82, 2.24) is 20.5 Å². The van der Waals surface area contributed by atoms with Crippen molar-refractivity contribution in [2.24, 2.45) is 0 Å². The zero-order valence-corrected chi connectivity index (χ0v) is 16.3. The van der Waals surface area contributed by atoms with E-state index in [1.807, 2.05) is 13.8 Å². The summed E-state index contributed by atoms with van der Waals surface area (Å²) in [5, 5.41) is 6.00. The molecule has 2 amide bonds. The monoisotopic (exact) mass is 374 g/mol. The Kier molecular flexibility index (Phi) is 6.31. The van der Waals surface area contributed by atoms with E-state index < -0.39 is 0 Å². The van der Waals surface area contributed by atoms with Gasteiger partial charge in [-0.15, -0.1) is 0 Å².